The van der Waals surface area contributed by atoms with Crippen LogP contribution in [0.4, 0.5) is 5.69 Å². The summed E-state index contributed by atoms with van der Waals surface area (Å²) in [4.78, 5) is 10.3. The van der Waals surface area contributed by atoms with E-state index in [1.54, 1.807) is 12.1 Å². The molecule has 0 heterocycles. The SMILES string of the molecule is Cc1cc(OCCCN)cc(-c2ccc([N+](=O)[O-])cc2)c1. The van der Waals surface area contributed by atoms with Crippen molar-refractivity contribution in [2.24, 2.45) is 5.73 Å². The van der Waals surface area contributed by atoms with Crippen LogP contribution in [0, 0.1) is 17.0 Å². The largest absolute Gasteiger partial charge is 0.494 e. The molecule has 0 saturated heterocycles. The molecular weight excluding hydrogens is 268 g/mol. The summed E-state index contributed by atoms with van der Waals surface area (Å²) in [5.41, 5.74) is 8.52. The number of hydrogen-bond acceptors (Lipinski definition) is 4. The summed E-state index contributed by atoms with van der Waals surface area (Å²) in [6, 6.07) is 12.4. The van der Waals surface area contributed by atoms with E-state index in [2.05, 4.69) is 0 Å². The van der Waals surface area contributed by atoms with E-state index in [1.165, 1.54) is 12.1 Å². The molecule has 2 aromatic carbocycles. The van der Waals surface area contributed by atoms with Crippen LogP contribution in [0.15, 0.2) is 42.5 Å². The minimum Gasteiger partial charge on any atom is -0.494 e. The quantitative estimate of drug-likeness (QED) is 0.502. The lowest BCUT2D eigenvalue weighted by molar-refractivity contribution is -0.384. The van der Waals surface area contributed by atoms with Gasteiger partial charge in [0.1, 0.15) is 5.75 Å². The molecule has 110 valence electrons. The summed E-state index contributed by atoms with van der Waals surface area (Å²) in [7, 11) is 0. The Balaban J connectivity index is 2.24. The zero-order valence-corrected chi connectivity index (χ0v) is 11.9. The van der Waals surface area contributed by atoms with Crippen molar-refractivity contribution in [3.05, 3.63) is 58.1 Å². The van der Waals surface area contributed by atoms with Crippen molar-refractivity contribution < 1.29 is 9.66 Å². The highest BCUT2D eigenvalue weighted by molar-refractivity contribution is 5.67. The van der Waals surface area contributed by atoms with Crippen LogP contribution in [-0.2, 0) is 0 Å². The highest BCUT2D eigenvalue weighted by atomic mass is 16.6. The van der Waals surface area contributed by atoms with Crippen molar-refractivity contribution in [2.75, 3.05) is 13.2 Å². The maximum absolute atomic E-state index is 10.7. The highest BCUT2D eigenvalue weighted by Crippen LogP contribution is 2.27. The average Bonchev–Trinajstić information content (AvgIpc) is 2.47. The predicted octanol–water partition coefficient (Wildman–Crippen LogP) is 3.30. The van der Waals surface area contributed by atoms with E-state index in [0.717, 1.165) is 28.9 Å². The number of nitro benzene ring substituents is 1. The van der Waals surface area contributed by atoms with Crippen LogP contribution in [0.3, 0.4) is 0 Å². The number of aryl methyl sites for hydroxylation is 1. The molecule has 0 unspecified atom stereocenters. The van der Waals surface area contributed by atoms with Crippen molar-refractivity contribution in [1.29, 1.82) is 0 Å². The van der Waals surface area contributed by atoms with Crippen molar-refractivity contribution in [3.63, 3.8) is 0 Å². The van der Waals surface area contributed by atoms with Gasteiger partial charge in [0, 0.05) is 12.1 Å². The van der Waals surface area contributed by atoms with Crippen LogP contribution in [-0.4, -0.2) is 18.1 Å². The van der Waals surface area contributed by atoms with Crippen molar-refractivity contribution in [3.8, 4) is 16.9 Å². The van der Waals surface area contributed by atoms with Crippen molar-refractivity contribution in [1.82, 2.24) is 0 Å². The summed E-state index contributed by atoms with van der Waals surface area (Å²) in [6.45, 7) is 3.17. The van der Waals surface area contributed by atoms with Crippen LogP contribution in [0.2, 0.25) is 0 Å². The molecule has 5 heteroatoms. The van der Waals surface area contributed by atoms with Gasteiger partial charge in [0.15, 0.2) is 0 Å². The molecule has 0 amide bonds. The normalized spacial score (nSPS) is 10.4. The van der Waals surface area contributed by atoms with Crippen LogP contribution < -0.4 is 10.5 Å². The zero-order chi connectivity index (χ0) is 15.2. The van der Waals surface area contributed by atoms with Gasteiger partial charge in [-0.2, -0.15) is 0 Å². The topological polar surface area (TPSA) is 78.4 Å². The first-order valence-corrected chi connectivity index (χ1v) is 6.79. The Kier molecular flexibility index (Phi) is 4.90. The fourth-order valence-electron chi connectivity index (χ4n) is 2.05. The Hall–Kier alpha value is -2.40. The number of benzene rings is 2. The van der Waals surface area contributed by atoms with Gasteiger partial charge in [0.25, 0.3) is 5.69 Å². The Morgan fingerprint density at radius 3 is 2.48 bits per heavy atom. The molecule has 0 radical (unpaired) electrons. The second-order valence-corrected chi connectivity index (χ2v) is 4.83. The maximum Gasteiger partial charge on any atom is 0.269 e. The third kappa shape index (κ3) is 4.03. The van der Waals surface area contributed by atoms with Crippen LogP contribution >= 0.6 is 0 Å². The zero-order valence-electron chi connectivity index (χ0n) is 11.9. The number of hydrogen-bond donors (Lipinski definition) is 1. The third-order valence-corrected chi connectivity index (χ3v) is 3.08. The number of nitro groups is 1. The van der Waals surface area contributed by atoms with Crippen molar-refractivity contribution >= 4 is 5.69 Å². The van der Waals surface area contributed by atoms with Gasteiger partial charge in [-0.05, 0) is 60.8 Å². The molecule has 0 aliphatic rings. The van der Waals surface area contributed by atoms with E-state index in [1.807, 2.05) is 25.1 Å². The lowest BCUT2D eigenvalue weighted by atomic mass is 10.0. The summed E-state index contributed by atoms with van der Waals surface area (Å²) >= 11 is 0. The highest BCUT2D eigenvalue weighted by Gasteiger charge is 2.07. The average molecular weight is 286 g/mol. The van der Waals surface area contributed by atoms with Crippen LogP contribution in [0.1, 0.15) is 12.0 Å². The smallest absolute Gasteiger partial charge is 0.269 e. The molecule has 0 aromatic heterocycles. The predicted molar refractivity (Wildman–Crippen MR) is 82.4 cm³/mol. The number of non-ortho nitro benzene ring substituents is 1. The Morgan fingerprint density at radius 2 is 1.86 bits per heavy atom. The maximum atomic E-state index is 10.7. The van der Waals surface area contributed by atoms with Gasteiger partial charge in [-0.15, -0.1) is 0 Å². The Bertz CT molecular complexity index is 624. The second kappa shape index (κ2) is 6.85. The first-order valence-electron chi connectivity index (χ1n) is 6.79. The van der Waals surface area contributed by atoms with E-state index < -0.39 is 4.92 Å². The standard InChI is InChI=1S/C16H18N2O3/c1-12-9-14(11-16(10-12)21-8-2-7-17)13-3-5-15(6-4-13)18(19)20/h3-6,9-11H,2,7-8,17H2,1H3. The number of nitrogens with zero attached hydrogens (tertiary/aromatic N) is 1. The molecule has 0 aliphatic heterocycles. The number of nitrogens with two attached hydrogens (primary N) is 1. The van der Waals surface area contributed by atoms with Crippen LogP contribution in [0.25, 0.3) is 11.1 Å². The molecule has 0 atom stereocenters. The fraction of sp³-hybridized carbons (Fsp3) is 0.250. The van der Waals surface area contributed by atoms with E-state index in [0.29, 0.717) is 13.2 Å². The van der Waals surface area contributed by atoms with Gasteiger partial charge >= 0.3 is 0 Å². The Labute approximate surface area is 123 Å². The molecule has 0 spiro atoms. The molecule has 0 saturated carbocycles. The first kappa shape index (κ1) is 15.0. The molecule has 0 aliphatic carbocycles. The molecule has 2 rings (SSSR count). The van der Waals surface area contributed by atoms with Gasteiger partial charge in [0.2, 0.25) is 0 Å². The molecule has 5 nitrogen and oxygen atoms in total. The minimum atomic E-state index is -0.401. The van der Waals surface area contributed by atoms with E-state index in [-0.39, 0.29) is 5.69 Å². The van der Waals surface area contributed by atoms with E-state index in [9.17, 15) is 10.1 Å². The third-order valence-electron chi connectivity index (χ3n) is 3.08. The summed E-state index contributed by atoms with van der Waals surface area (Å²) in [6.07, 6.45) is 0.806. The van der Waals surface area contributed by atoms with Gasteiger partial charge in [-0.3, -0.25) is 10.1 Å². The van der Waals surface area contributed by atoms with Crippen LogP contribution in [0.5, 0.6) is 5.75 Å². The molecular formula is C16H18N2O3. The molecule has 0 fully saturated rings. The summed E-state index contributed by atoms with van der Waals surface area (Å²) in [5.74, 6) is 0.789. The lowest BCUT2D eigenvalue weighted by Crippen LogP contribution is -2.06. The fourth-order valence-corrected chi connectivity index (χ4v) is 2.05. The van der Waals surface area contributed by atoms with Crippen molar-refractivity contribution in [2.45, 2.75) is 13.3 Å². The number of rotatable bonds is 6. The monoisotopic (exact) mass is 286 g/mol. The van der Waals surface area contributed by atoms with E-state index >= 15 is 0 Å². The number of ether oxygens (including phenoxy) is 1. The van der Waals surface area contributed by atoms with Gasteiger partial charge in [-0.25, -0.2) is 0 Å². The van der Waals surface area contributed by atoms with Gasteiger partial charge in [-0.1, -0.05) is 6.07 Å². The lowest BCUT2D eigenvalue weighted by Gasteiger charge is -2.09. The van der Waals surface area contributed by atoms with Gasteiger partial charge in [0.05, 0.1) is 11.5 Å². The minimum absolute atomic E-state index is 0.0887. The Morgan fingerprint density at radius 1 is 1.14 bits per heavy atom. The van der Waals surface area contributed by atoms with E-state index in [4.69, 9.17) is 10.5 Å². The summed E-state index contributed by atoms with van der Waals surface area (Å²) in [5, 5.41) is 10.7. The molecule has 0 bridgehead atoms. The molecule has 2 N–H and O–H groups in total. The first-order chi connectivity index (χ1) is 10.1. The van der Waals surface area contributed by atoms with Gasteiger partial charge < -0.3 is 10.5 Å². The molecule has 2 aromatic rings. The molecule has 21 heavy (non-hydrogen) atoms. The summed E-state index contributed by atoms with van der Waals surface area (Å²) < 4.78 is 5.66. The second-order valence-electron chi connectivity index (χ2n) is 4.83.